The lowest BCUT2D eigenvalue weighted by Gasteiger charge is -2.17. The van der Waals surface area contributed by atoms with Crippen molar-refractivity contribution < 1.29 is 18.7 Å². The Bertz CT molecular complexity index is 952. The van der Waals surface area contributed by atoms with E-state index in [0.717, 1.165) is 14.7 Å². The molecule has 6 nitrogen and oxygen atoms in total. The van der Waals surface area contributed by atoms with Crippen LogP contribution in [0.3, 0.4) is 0 Å². The second-order valence-electron chi connectivity index (χ2n) is 6.13. The van der Waals surface area contributed by atoms with Crippen LogP contribution in [0.1, 0.15) is 15.2 Å². The summed E-state index contributed by atoms with van der Waals surface area (Å²) in [7, 11) is 5.39. The molecule has 1 amide bonds. The largest absolute Gasteiger partial charge is 0.451 e. The summed E-state index contributed by atoms with van der Waals surface area (Å²) >= 11 is 2.73. The Morgan fingerprint density at radius 2 is 1.96 bits per heavy atom. The average Bonchev–Trinajstić information content (AvgIpc) is 3.18. The molecule has 0 unspecified atom stereocenters. The number of likely N-dealkylation sites (N-methyl/N-ethyl adjacent to an activating group) is 1. The van der Waals surface area contributed by atoms with Gasteiger partial charge in [-0.15, -0.1) is 11.3 Å². The number of carbonyl (C=O) groups excluding carboxylic acids is 2. The Balaban J connectivity index is 1.56. The van der Waals surface area contributed by atoms with Gasteiger partial charge in [0.25, 0.3) is 5.91 Å². The van der Waals surface area contributed by atoms with Crippen molar-refractivity contribution in [3.05, 3.63) is 46.6 Å². The first kappa shape index (κ1) is 19.2. The quantitative estimate of drug-likeness (QED) is 0.586. The lowest BCUT2D eigenvalue weighted by molar-refractivity contribution is -0.133. The molecule has 2 aromatic heterocycles. The second kappa shape index (κ2) is 8.01. The number of rotatable bonds is 6. The number of thiophene rings is 1. The first-order valence-electron chi connectivity index (χ1n) is 8.06. The highest BCUT2D eigenvalue weighted by Gasteiger charge is 2.18. The Kier molecular flexibility index (Phi) is 5.71. The number of carbonyl (C=O) groups is 2. The number of anilines is 1. The van der Waals surface area contributed by atoms with Gasteiger partial charge in [0, 0.05) is 27.7 Å². The minimum atomic E-state index is -0.552. The van der Waals surface area contributed by atoms with E-state index in [-0.39, 0.29) is 24.9 Å². The monoisotopic (exact) mass is 407 g/mol. The molecule has 0 fully saturated rings. The summed E-state index contributed by atoms with van der Waals surface area (Å²) in [6, 6.07) is 7.75. The highest BCUT2D eigenvalue weighted by molar-refractivity contribution is 7.29. The average molecular weight is 407 g/mol. The van der Waals surface area contributed by atoms with E-state index in [1.807, 2.05) is 19.0 Å². The van der Waals surface area contributed by atoms with Crippen LogP contribution >= 0.6 is 22.7 Å². The summed E-state index contributed by atoms with van der Waals surface area (Å²) in [6.07, 6.45) is 0. The zero-order valence-corrected chi connectivity index (χ0v) is 16.7. The molecular formula is C18H18FN3O3S2. The van der Waals surface area contributed by atoms with E-state index in [4.69, 9.17) is 4.74 Å². The number of benzene rings is 1. The van der Waals surface area contributed by atoms with E-state index in [9.17, 15) is 14.0 Å². The molecule has 0 N–H and O–H groups in total. The van der Waals surface area contributed by atoms with Crippen LogP contribution in [0.4, 0.5) is 9.52 Å². The third-order valence-electron chi connectivity index (χ3n) is 3.72. The summed E-state index contributed by atoms with van der Waals surface area (Å²) < 4.78 is 19.2. The molecule has 0 aliphatic carbocycles. The fourth-order valence-corrected chi connectivity index (χ4v) is 4.35. The van der Waals surface area contributed by atoms with Gasteiger partial charge in [-0.1, -0.05) is 23.5 Å². The Labute approximate surface area is 163 Å². The first-order chi connectivity index (χ1) is 12.8. The zero-order chi connectivity index (χ0) is 19.6. The molecule has 27 heavy (non-hydrogen) atoms. The predicted molar refractivity (Wildman–Crippen MR) is 105 cm³/mol. The van der Waals surface area contributed by atoms with E-state index in [1.165, 1.54) is 39.7 Å². The fourth-order valence-electron chi connectivity index (χ4n) is 2.32. The Morgan fingerprint density at radius 3 is 2.63 bits per heavy atom. The fraction of sp³-hybridized carbons (Fsp3) is 0.278. The van der Waals surface area contributed by atoms with Crippen LogP contribution in [-0.2, 0) is 16.1 Å². The van der Waals surface area contributed by atoms with Gasteiger partial charge in [-0.2, -0.15) is 0 Å². The van der Waals surface area contributed by atoms with Gasteiger partial charge in [0.2, 0.25) is 0 Å². The van der Waals surface area contributed by atoms with Gasteiger partial charge in [0.05, 0.1) is 4.70 Å². The van der Waals surface area contributed by atoms with Crippen LogP contribution in [0, 0.1) is 5.82 Å². The number of aromatic nitrogens is 1. The van der Waals surface area contributed by atoms with Crippen LogP contribution in [0.15, 0.2) is 30.3 Å². The van der Waals surface area contributed by atoms with Crippen molar-refractivity contribution in [3.8, 4) is 0 Å². The van der Waals surface area contributed by atoms with E-state index >= 15 is 0 Å². The molecule has 0 saturated heterocycles. The molecule has 2 heterocycles. The second-order valence-corrected chi connectivity index (χ2v) is 8.17. The number of esters is 1. The normalized spacial score (nSPS) is 10.8. The lowest BCUT2D eigenvalue weighted by Crippen LogP contribution is -2.30. The van der Waals surface area contributed by atoms with Gasteiger partial charge in [-0.3, -0.25) is 4.79 Å². The molecule has 0 bridgehead atoms. The SMILES string of the molecule is CN(Cc1cccc(F)c1)C(=O)COC(=O)c1cc2sc(N(C)C)nc2s1. The predicted octanol–water partition coefficient (Wildman–Crippen LogP) is 3.38. The van der Waals surface area contributed by atoms with Gasteiger partial charge in [-0.05, 0) is 23.8 Å². The number of ether oxygens (including phenoxy) is 1. The van der Waals surface area contributed by atoms with E-state index < -0.39 is 5.97 Å². The van der Waals surface area contributed by atoms with Crippen molar-refractivity contribution >= 4 is 49.2 Å². The number of halogens is 1. The van der Waals surface area contributed by atoms with E-state index in [1.54, 1.807) is 25.2 Å². The molecule has 0 atom stereocenters. The van der Waals surface area contributed by atoms with Gasteiger partial charge < -0.3 is 14.5 Å². The molecule has 1 aromatic carbocycles. The molecule has 0 spiro atoms. The number of nitrogens with zero attached hydrogens (tertiary/aromatic N) is 3. The van der Waals surface area contributed by atoms with Crippen LogP contribution in [0.5, 0.6) is 0 Å². The lowest BCUT2D eigenvalue weighted by atomic mass is 10.2. The molecule has 3 aromatic rings. The number of hydrogen-bond donors (Lipinski definition) is 0. The molecule has 0 saturated carbocycles. The Hall–Kier alpha value is -2.52. The Morgan fingerprint density at radius 1 is 1.19 bits per heavy atom. The smallest absolute Gasteiger partial charge is 0.348 e. The van der Waals surface area contributed by atoms with Gasteiger partial charge in [0.1, 0.15) is 15.5 Å². The number of hydrogen-bond acceptors (Lipinski definition) is 7. The third-order valence-corrected chi connectivity index (χ3v) is 6.03. The van der Waals surface area contributed by atoms with Crippen LogP contribution < -0.4 is 4.90 Å². The number of fused-ring (bicyclic) bond motifs is 1. The van der Waals surface area contributed by atoms with Gasteiger partial charge >= 0.3 is 5.97 Å². The number of thiazole rings is 1. The van der Waals surface area contributed by atoms with Crippen molar-refractivity contribution in [2.24, 2.45) is 0 Å². The van der Waals surface area contributed by atoms with Crippen LogP contribution in [-0.4, -0.2) is 49.5 Å². The molecule has 142 valence electrons. The maximum absolute atomic E-state index is 13.2. The highest BCUT2D eigenvalue weighted by Crippen LogP contribution is 2.34. The molecule has 0 aliphatic heterocycles. The van der Waals surface area contributed by atoms with Crippen molar-refractivity contribution in [1.82, 2.24) is 9.88 Å². The summed E-state index contributed by atoms with van der Waals surface area (Å²) in [4.78, 5) is 33.3. The maximum Gasteiger partial charge on any atom is 0.348 e. The molecule has 3 rings (SSSR count). The van der Waals surface area contributed by atoms with Gasteiger partial charge in [0.15, 0.2) is 11.7 Å². The molecule has 9 heteroatoms. The summed E-state index contributed by atoms with van der Waals surface area (Å²) in [5.74, 6) is -1.27. The van der Waals surface area contributed by atoms with Gasteiger partial charge in [-0.25, -0.2) is 14.2 Å². The van der Waals surface area contributed by atoms with Crippen LogP contribution in [0.25, 0.3) is 9.53 Å². The first-order valence-corrected chi connectivity index (χ1v) is 9.70. The minimum Gasteiger partial charge on any atom is -0.451 e. The number of amides is 1. The maximum atomic E-state index is 13.2. The van der Waals surface area contributed by atoms with E-state index in [2.05, 4.69) is 4.98 Å². The topological polar surface area (TPSA) is 62.7 Å². The standard InChI is InChI=1S/C18H18FN3O3S2/c1-21(2)18-20-16-13(27-18)8-14(26-16)17(24)25-10-15(23)22(3)9-11-5-4-6-12(19)7-11/h4-8H,9-10H2,1-3H3. The molecule has 0 aliphatic rings. The van der Waals surface area contributed by atoms with Crippen molar-refractivity contribution in [2.75, 3.05) is 32.6 Å². The summed E-state index contributed by atoms with van der Waals surface area (Å²) in [5.41, 5.74) is 0.665. The summed E-state index contributed by atoms with van der Waals surface area (Å²) in [5, 5.41) is 0.866. The van der Waals surface area contributed by atoms with Crippen molar-refractivity contribution in [3.63, 3.8) is 0 Å². The highest BCUT2D eigenvalue weighted by atomic mass is 32.1. The zero-order valence-electron chi connectivity index (χ0n) is 15.1. The summed E-state index contributed by atoms with van der Waals surface area (Å²) in [6.45, 7) is -0.132. The molecule has 0 radical (unpaired) electrons. The van der Waals surface area contributed by atoms with Crippen LogP contribution in [0.2, 0.25) is 0 Å². The van der Waals surface area contributed by atoms with Crippen molar-refractivity contribution in [1.29, 1.82) is 0 Å². The minimum absolute atomic E-state index is 0.236. The molecular weight excluding hydrogens is 389 g/mol. The van der Waals surface area contributed by atoms with Crippen molar-refractivity contribution in [2.45, 2.75) is 6.54 Å². The van der Waals surface area contributed by atoms with E-state index in [0.29, 0.717) is 10.4 Å². The third kappa shape index (κ3) is 4.61.